The highest BCUT2D eigenvalue weighted by atomic mass is 32.1. The maximum Gasteiger partial charge on any atom is 0.407 e. The van der Waals surface area contributed by atoms with Crippen molar-refractivity contribution in [2.75, 3.05) is 11.9 Å². The second-order valence-electron chi connectivity index (χ2n) is 8.74. The highest BCUT2D eigenvalue weighted by molar-refractivity contribution is 7.16. The lowest BCUT2D eigenvalue weighted by Gasteiger charge is -2.22. The van der Waals surface area contributed by atoms with Crippen LogP contribution in [0.4, 0.5) is 9.80 Å². The van der Waals surface area contributed by atoms with Crippen LogP contribution in [0.3, 0.4) is 0 Å². The summed E-state index contributed by atoms with van der Waals surface area (Å²) in [4.78, 5) is 30.0. The molecule has 184 valence electrons. The summed E-state index contributed by atoms with van der Waals surface area (Å²) < 4.78 is 7.26. The lowest BCUT2D eigenvalue weighted by Crippen LogP contribution is -2.28. The minimum Gasteiger partial charge on any atom is -0.449 e. The van der Waals surface area contributed by atoms with Crippen LogP contribution in [0.15, 0.2) is 36.7 Å². The van der Waals surface area contributed by atoms with Crippen molar-refractivity contribution in [3.05, 3.63) is 69.6 Å². The third-order valence-electron chi connectivity index (χ3n) is 6.14. The number of ether oxygens (including phenoxy) is 1. The van der Waals surface area contributed by atoms with Crippen LogP contribution in [0.5, 0.6) is 0 Å². The Balaban J connectivity index is 1.30. The Hall–Kier alpha value is -3.46. The molecule has 8 nitrogen and oxygen atoms in total. The highest BCUT2D eigenvalue weighted by Gasteiger charge is 2.26. The van der Waals surface area contributed by atoms with E-state index in [4.69, 9.17) is 4.74 Å². The van der Waals surface area contributed by atoms with Crippen molar-refractivity contribution >= 4 is 34.4 Å². The molecule has 1 unspecified atom stereocenters. The van der Waals surface area contributed by atoms with E-state index < -0.39 is 6.09 Å². The lowest BCUT2D eigenvalue weighted by molar-refractivity contribution is -0.111. The number of aryl methyl sites for hydroxylation is 2. The maximum atomic E-state index is 12.5. The Kier molecular flexibility index (Phi) is 7.97. The molecule has 0 spiro atoms. The number of hydrogen-bond acceptors (Lipinski definition) is 6. The molecular weight excluding hydrogens is 462 g/mol. The van der Waals surface area contributed by atoms with Crippen molar-refractivity contribution in [1.82, 2.24) is 20.1 Å². The smallest absolute Gasteiger partial charge is 0.407 e. The summed E-state index contributed by atoms with van der Waals surface area (Å²) in [6.45, 7) is 4.80. The van der Waals surface area contributed by atoms with Crippen LogP contribution in [0, 0.1) is 12.8 Å². The SMILES string of the molecule is CCc1c(NC(=O)/C=C/c2cccnc2)sc2c1CCC(COC(=O)NCc1cc(C)nn1C)C2. The number of thiophene rings is 1. The predicted molar refractivity (Wildman–Crippen MR) is 137 cm³/mol. The number of rotatable bonds is 8. The number of alkyl carbamates (subject to hydrolysis) is 1. The summed E-state index contributed by atoms with van der Waals surface area (Å²) >= 11 is 1.64. The van der Waals surface area contributed by atoms with Crippen LogP contribution in [-0.4, -0.2) is 33.4 Å². The monoisotopic (exact) mass is 493 g/mol. The van der Waals surface area contributed by atoms with Gasteiger partial charge in [-0.05, 0) is 73.4 Å². The molecule has 2 amide bonds. The molecule has 1 atom stereocenters. The van der Waals surface area contributed by atoms with E-state index >= 15 is 0 Å². The van der Waals surface area contributed by atoms with Crippen molar-refractivity contribution < 1.29 is 14.3 Å². The van der Waals surface area contributed by atoms with Gasteiger partial charge in [-0.15, -0.1) is 11.3 Å². The number of nitrogens with zero attached hydrogens (tertiary/aromatic N) is 3. The Morgan fingerprint density at radius 2 is 2.23 bits per heavy atom. The number of carbonyl (C=O) groups is 2. The van der Waals surface area contributed by atoms with E-state index in [0.29, 0.717) is 13.2 Å². The van der Waals surface area contributed by atoms with Gasteiger partial charge in [0.15, 0.2) is 0 Å². The van der Waals surface area contributed by atoms with Gasteiger partial charge < -0.3 is 15.4 Å². The topological polar surface area (TPSA) is 98.1 Å². The molecule has 9 heteroatoms. The highest BCUT2D eigenvalue weighted by Crippen LogP contribution is 2.40. The molecular formula is C26H31N5O3S. The van der Waals surface area contributed by atoms with Crippen LogP contribution in [-0.2, 0) is 42.4 Å². The number of hydrogen-bond donors (Lipinski definition) is 2. The second-order valence-corrected chi connectivity index (χ2v) is 9.84. The Labute approximate surface area is 209 Å². The Bertz CT molecular complexity index is 1220. The Morgan fingerprint density at radius 1 is 1.37 bits per heavy atom. The average molecular weight is 494 g/mol. The van der Waals surface area contributed by atoms with E-state index in [1.54, 1.807) is 34.5 Å². The summed E-state index contributed by atoms with van der Waals surface area (Å²) in [6.07, 6.45) is 9.91. The number of anilines is 1. The number of aromatic nitrogens is 3. The Morgan fingerprint density at radius 3 is 2.94 bits per heavy atom. The molecule has 3 heterocycles. The molecule has 0 radical (unpaired) electrons. The van der Waals surface area contributed by atoms with E-state index in [0.717, 1.165) is 47.6 Å². The van der Waals surface area contributed by atoms with Crippen molar-refractivity contribution in [3.8, 4) is 0 Å². The third kappa shape index (κ3) is 6.36. The molecule has 2 N–H and O–H groups in total. The number of amides is 2. The molecule has 0 bridgehead atoms. The molecule has 3 aromatic heterocycles. The van der Waals surface area contributed by atoms with Crippen LogP contribution >= 0.6 is 11.3 Å². The van der Waals surface area contributed by atoms with E-state index in [9.17, 15) is 9.59 Å². The molecule has 3 aromatic rings. The van der Waals surface area contributed by atoms with Gasteiger partial charge >= 0.3 is 6.09 Å². The molecule has 35 heavy (non-hydrogen) atoms. The zero-order chi connectivity index (χ0) is 24.8. The summed E-state index contributed by atoms with van der Waals surface area (Å²) in [5.74, 6) is 0.118. The standard InChI is InChI=1S/C26H31N5O3S/c1-4-21-22-9-7-19(16-34-26(33)28-15-20-12-17(2)30-31(20)3)13-23(22)35-25(21)29-24(32)10-8-18-6-5-11-27-14-18/h5-6,8,10-12,14,19H,4,7,9,13,15-16H2,1-3H3,(H,28,33)(H,29,32)/b10-8+. The normalized spacial score (nSPS) is 15.1. The van der Waals surface area contributed by atoms with Crippen LogP contribution in [0.2, 0.25) is 0 Å². The van der Waals surface area contributed by atoms with Crippen LogP contribution in [0.25, 0.3) is 6.08 Å². The van der Waals surface area contributed by atoms with Crippen molar-refractivity contribution in [2.24, 2.45) is 13.0 Å². The van der Waals surface area contributed by atoms with Crippen molar-refractivity contribution in [3.63, 3.8) is 0 Å². The third-order valence-corrected chi connectivity index (χ3v) is 7.35. The van der Waals surface area contributed by atoms with E-state index in [2.05, 4.69) is 27.6 Å². The number of fused-ring (bicyclic) bond motifs is 1. The summed E-state index contributed by atoms with van der Waals surface area (Å²) in [7, 11) is 1.86. The molecule has 0 saturated carbocycles. The van der Waals surface area contributed by atoms with E-state index in [1.165, 1.54) is 22.1 Å². The van der Waals surface area contributed by atoms with Gasteiger partial charge in [-0.1, -0.05) is 13.0 Å². The first kappa shape index (κ1) is 24.7. The minimum atomic E-state index is -0.413. The zero-order valence-electron chi connectivity index (χ0n) is 20.3. The summed E-state index contributed by atoms with van der Waals surface area (Å²) in [5, 5.41) is 11.1. The fourth-order valence-electron chi connectivity index (χ4n) is 4.37. The van der Waals surface area contributed by atoms with Gasteiger partial charge in [-0.3, -0.25) is 14.5 Å². The lowest BCUT2D eigenvalue weighted by atomic mass is 9.87. The molecule has 0 fully saturated rings. The van der Waals surface area contributed by atoms with Gasteiger partial charge in [0.05, 0.1) is 29.5 Å². The zero-order valence-corrected chi connectivity index (χ0v) is 21.2. The maximum absolute atomic E-state index is 12.5. The fourth-order valence-corrected chi connectivity index (χ4v) is 5.83. The van der Waals surface area contributed by atoms with Gasteiger partial charge in [0, 0.05) is 30.4 Å². The van der Waals surface area contributed by atoms with Crippen LogP contribution < -0.4 is 10.6 Å². The molecule has 0 aliphatic heterocycles. The number of pyridine rings is 1. The van der Waals surface area contributed by atoms with E-state index in [1.807, 2.05) is 32.2 Å². The molecule has 1 aliphatic rings. The molecule has 4 rings (SSSR count). The first-order valence-corrected chi connectivity index (χ1v) is 12.7. The minimum absolute atomic E-state index is 0.151. The molecule has 0 aromatic carbocycles. The van der Waals surface area contributed by atoms with Gasteiger partial charge in [0.1, 0.15) is 0 Å². The summed E-state index contributed by atoms with van der Waals surface area (Å²) in [5.41, 5.74) is 5.29. The first-order chi connectivity index (χ1) is 16.9. The molecule has 0 saturated heterocycles. The average Bonchev–Trinajstić information content (AvgIpc) is 3.37. The summed E-state index contributed by atoms with van der Waals surface area (Å²) in [6, 6.07) is 5.68. The van der Waals surface area contributed by atoms with E-state index in [-0.39, 0.29) is 11.8 Å². The van der Waals surface area contributed by atoms with Gasteiger partial charge in [0.25, 0.3) is 0 Å². The fraction of sp³-hybridized carbons (Fsp3) is 0.385. The largest absolute Gasteiger partial charge is 0.449 e. The number of nitrogens with one attached hydrogen (secondary N) is 2. The predicted octanol–water partition coefficient (Wildman–Crippen LogP) is 4.43. The van der Waals surface area contributed by atoms with Gasteiger partial charge in [0.2, 0.25) is 5.91 Å². The first-order valence-electron chi connectivity index (χ1n) is 11.9. The quantitative estimate of drug-likeness (QED) is 0.453. The second kappa shape index (κ2) is 11.3. The molecule has 1 aliphatic carbocycles. The van der Waals surface area contributed by atoms with Gasteiger partial charge in [-0.2, -0.15) is 5.10 Å². The van der Waals surface area contributed by atoms with Crippen molar-refractivity contribution in [1.29, 1.82) is 0 Å². The van der Waals surface area contributed by atoms with Gasteiger partial charge in [-0.25, -0.2) is 4.79 Å². The van der Waals surface area contributed by atoms with Crippen LogP contribution in [0.1, 0.15) is 46.3 Å². The van der Waals surface area contributed by atoms with Crippen molar-refractivity contribution in [2.45, 2.75) is 46.1 Å². The number of carbonyl (C=O) groups excluding carboxylic acids is 2.